The van der Waals surface area contributed by atoms with Crippen LogP contribution < -0.4 is 10.0 Å². The molecule has 1 unspecified atom stereocenters. The first-order valence-corrected chi connectivity index (χ1v) is 7.68. The molecule has 1 heterocycles. The lowest BCUT2D eigenvalue weighted by Crippen LogP contribution is -2.48. The summed E-state index contributed by atoms with van der Waals surface area (Å²) in [6.45, 7) is 0.657. The van der Waals surface area contributed by atoms with Gasteiger partial charge >= 0.3 is 12.0 Å². The molecule has 9 heteroatoms. The van der Waals surface area contributed by atoms with Crippen molar-refractivity contribution in [2.45, 2.75) is 12.8 Å². The molecule has 0 aromatic carbocycles. The minimum absolute atomic E-state index is 0.00373. The maximum Gasteiger partial charge on any atom is 0.317 e. The van der Waals surface area contributed by atoms with Crippen LogP contribution in [0.3, 0.4) is 0 Å². The highest BCUT2D eigenvalue weighted by Crippen LogP contribution is 2.16. The lowest BCUT2D eigenvalue weighted by atomic mass is 9.99. The van der Waals surface area contributed by atoms with E-state index >= 15 is 0 Å². The Kier molecular flexibility index (Phi) is 5.55. The lowest BCUT2D eigenvalue weighted by molar-refractivity contribution is -0.143. The number of likely N-dealkylation sites (tertiary alicyclic amines) is 1. The monoisotopic (exact) mass is 293 g/mol. The molecule has 0 bridgehead atoms. The van der Waals surface area contributed by atoms with E-state index < -0.39 is 27.9 Å². The Morgan fingerprint density at radius 2 is 2.11 bits per heavy atom. The van der Waals surface area contributed by atoms with Gasteiger partial charge in [0.1, 0.15) is 0 Å². The van der Waals surface area contributed by atoms with E-state index in [1.54, 1.807) is 0 Å². The predicted octanol–water partition coefficient (Wildman–Crippen LogP) is -0.958. The quantitative estimate of drug-likeness (QED) is 0.604. The van der Waals surface area contributed by atoms with Gasteiger partial charge in [0.25, 0.3) is 0 Å². The van der Waals surface area contributed by atoms with E-state index in [9.17, 15) is 18.0 Å². The number of amides is 2. The second-order valence-electron chi connectivity index (χ2n) is 4.38. The summed E-state index contributed by atoms with van der Waals surface area (Å²) in [5, 5.41) is 11.4. The molecule has 1 aliphatic rings. The topological polar surface area (TPSA) is 116 Å². The third kappa shape index (κ3) is 5.03. The Bertz CT molecular complexity index is 436. The average Bonchev–Trinajstić information content (AvgIpc) is 2.38. The van der Waals surface area contributed by atoms with Crippen molar-refractivity contribution in [1.29, 1.82) is 0 Å². The first kappa shape index (κ1) is 15.7. The maximum atomic E-state index is 11.7. The number of aliphatic carboxylic acids is 1. The highest BCUT2D eigenvalue weighted by atomic mass is 32.2. The van der Waals surface area contributed by atoms with Crippen LogP contribution in [0.2, 0.25) is 0 Å². The molecule has 3 N–H and O–H groups in total. The molecule has 1 fully saturated rings. The highest BCUT2D eigenvalue weighted by Gasteiger charge is 2.27. The van der Waals surface area contributed by atoms with E-state index in [0.717, 1.165) is 0 Å². The molecule has 0 radical (unpaired) electrons. The number of nitrogens with zero attached hydrogens (tertiary/aromatic N) is 1. The molecule has 110 valence electrons. The summed E-state index contributed by atoms with van der Waals surface area (Å²) in [5.41, 5.74) is 0. The van der Waals surface area contributed by atoms with Crippen LogP contribution in [0, 0.1) is 5.92 Å². The zero-order valence-electron chi connectivity index (χ0n) is 10.8. The van der Waals surface area contributed by atoms with Gasteiger partial charge in [-0.2, -0.15) is 0 Å². The SMILES string of the molecule is CNS(=O)(=O)CCNC(=O)N1CCCC(C(=O)O)C1. The summed E-state index contributed by atoms with van der Waals surface area (Å²) < 4.78 is 24.4. The van der Waals surface area contributed by atoms with E-state index in [4.69, 9.17) is 5.11 Å². The van der Waals surface area contributed by atoms with Crippen LogP contribution in [0.5, 0.6) is 0 Å². The number of carboxylic acids is 1. The van der Waals surface area contributed by atoms with Crippen LogP contribution >= 0.6 is 0 Å². The Hall–Kier alpha value is -1.35. The van der Waals surface area contributed by atoms with Crippen molar-refractivity contribution >= 4 is 22.0 Å². The second-order valence-corrected chi connectivity index (χ2v) is 6.42. The predicted molar refractivity (Wildman–Crippen MR) is 68.2 cm³/mol. The van der Waals surface area contributed by atoms with E-state index in [1.807, 2.05) is 0 Å². The number of piperidine rings is 1. The molecule has 1 atom stereocenters. The smallest absolute Gasteiger partial charge is 0.317 e. The molecule has 2 amide bonds. The highest BCUT2D eigenvalue weighted by molar-refractivity contribution is 7.89. The molecule has 0 aromatic rings. The van der Waals surface area contributed by atoms with Gasteiger partial charge in [0.05, 0.1) is 11.7 Å². The number of hydrogen-bond donors (Lipinski definition) is 3. The van der Waals surface area contributed by atoms with Gasteiger partial charge in [-0.25, -0.2) is 17.9 Å². The van der Waals surface area contributed by atoms with Gasteiger partial charge in [0, 0.05) is 19.6 Å². The lowest BCUT2D eigenvalue weighted by Gasteiger charge is -2.30. The van der Waals surface area contributed by atoms with Crippen LogP contribution in [0.4, 0.5) is 4.79 Å². The minimum atomic E-state index is -3.35. The molecule has 1 saturated heterocycles. The van der Waals surface area contributed by atoms with Gasteiger partial charge in [-0.3, -0.25) is 4.79 Å². The van der Waals surface area contributed by atoms with Crippen LogP contribution in [0.25, 0.3) is 0 Å². The molecular formula is C10H19N3O5S. The summed E-state index contributed by atoms with van der Waals surface area (Å²) in [5.74, 6) is -1.65. The van der Waals surface area contributed by atoms with E-state index in [-0.39, 0.29) is 18.8 Å². The summed E-state index contributed by atoms with van der Waals surface area (Å²) in [6, 6.07) is -0.419. The average molecular weight is 293 g/mol. The molecule has 0 aliphatic carbocycles. The molecule has 0 spiro atoms. The van der Waals surface area contributed by atoms with Crippen molar-refractivity contribution in [3.05, 3.63) is 0 Å². The van der Waals surface area contributed by atoms with Crippen LogP contribution in [0.15, 0.2) is 0 Å². The van der Waals surface area contributed by atoms with Gasteiger partial charge < -0.3 is 15.3 Å². The van der Waals surface area contributed by atoms with Crippen LogP contribution in [-0.4, -0.2) is 62.9 Å². The molecule has 8 nitrogen and oxygen atoms in total. The van der Waals surface area contributed by atoms with Gasteiger partial charge in [-0.05, 0) is 19.9 Å². The maximum absolute atomic E-state index is 11.7. The third-order valence-corrected chi connectivity index (χ3v) is 4.38. The van der Waals surface area contributed by atoms with Gasteiger partial charge in [0.2, 0.25) is 10.0 Å². The number of sulfonamides is 1. The Morgan fingerprint density at radius 1 is 1.42 bits per heavy atom. The number of rotatable bonds is 5. The zero-order valence-corrected chi connectivity index (χ0v) is 11.6. The molecule has 1 rings (SSSR count). The largest absolute Gasteiger partial charge is 0.481 e. The van der Waals surface area contributed by atoms with Crippen molar-refractivity contribution in [3.8, 4) is 0 Å². The van der Waals surface area contributed by atoms with Crippen molar-refractivity contribution in [1.82, 2.24) is 14.9 Å². The molecule has 1 aliphatic heterocycles. The number of carbonyl (C=O) groups excluding carboxylic acids is 1. The first-order chi connectivity index (χ1) is 8.85. The Labute approximate surface area is 112 Å². The normalized spacial score (nSPS) is 20.1. The van der Waals surface area contributed by atoms with E-state index in [1.165, 1.54) is 11.9 Å². The molecule has 0 aromatic heterocycles. The first-order valence-electron chi connectivity index (χ1n) is 6.02. The summed E-state index contributed by atoms with van der Waals surface area (Å²) in [6.07, 6.45) is 1.20. The number of carboxylic acid groups (broad SMARTS) is 1. The van der Waals surface area contributed by atoms with Crippen molar-refractivity contribution in [2.24, 2.45) is 5.92 Å². The zero-order chi connectivity index (χ0) is 14.5. The molecular weight excluding hydrogens is 274 g/mol. The van der Waals surface area contributed by atoms with Crippen molar-refractivity contribution in [3.63, 3.8) is 0 Å². The van der Waals surface area contributed by atoms with Crippen LogP contribution in [0.1, 0.15) is 12.8 Å². The minimum Gasteiger partial charge on any atom is -0.481 e. The molecule has 0 saturated carbocycles. The van der Waals surface area contributed by atoms with Crippen LogP contribution in [-0.2, 0) is 14.8 Å². The van der Waals surface area contributed by atoms with Crippen molar-refractivity contribution in [2.75, 3.05) is 32.4 Å². The van der Waals surface area contributed by atoms with Gasteiger partial charge in [-0.15, -0.1) is 0 Å². The van der Waals surface area contributed by atoms with Gasteiger partial charge in [0.15, 0.2) is 0 Å². The van der Waals surface area contributed by atoms with Crippen molar-refractivity contribution < 1.29 is 23.1 Å². The summed E-state index contributed by atoms with van der Waals surface area (Å²) >= 11 is 0. The Morgan fingerprint density at radius 3 is 2.68 bits per heavy atom. The number of carbonyl (C=O) groups is 2. The number of hydrogen-bond acceptors (Lipinski definition) is 4. The number of nitrogens with one attached hydrogen (secondary N) is 2. The summed E-state index contributed by atoms with van der Waals surface area (Å²) in [7, 11) is -2.04. The third-order valence-electron chi connectivity index (χ3n) is 3.02. The second kappa shape index (κ2) is 6.71. The van der Waals surface area contributed by atoms with E-state index in [0.29, 0.717) is 19.4 Å². The standard InChI is InChI=1S/C10H19N3O5S/c1-11-19(17,18)6-4-12-10(16)13-5-2-3-8(7-13)9(14)15/h8,11H,2-7H2,1H3,(H,12,16)(H,14,15). The fourth-order valence-electron chi connectivity index (χ4n) is 1.87. The fraction of sp³-hybridized carbons (Fsp3) is 0.800. The number of urea groups is 1. The summed E-state index contributed by atoms with van der Waals surface area (Å²) in [4.78, 5) is 24.0. The van der Waals surface area contributed by atoms with Gasteiger partial charge in [-0.1, -0.05) is 0 Å². The fourth-order valence-corrected chi connectivity index (χ4v) is 2.44. The molecule has 19 heavy (non-hydrogen) atoms. The van der Waals surface area contributed by atoms with E-state index in [2.05, 4.69) is 10.0 Å². The Balaban J connectivity index is 2.39.